The minimum atomic E-state index is -0.0906. The molecule has 0 bridgehead atoms. The van der Waals surface area contributed by atoms with Crippen LogP contribution in [0, 0.1) is 6.92 Å². The highest BCUT2D eigenvalue weighted by Crippen LogP contribution is 2.39. The van der Waals surface area contributed by atoms with Crippen molar-refractivity contribution < 1.29 is 9.53 Å². The van der Waals surface area contributed by atoms with Crippen LogP contribution in [0.5, 0.6) is 5.75 Å². The predicted molar refractivity (Wildman–Crippen MR) is 146 cm³/mol. The van der Waals surface area contributed by atoms with Crippen LogP contribution in [-0.2, 0) is 6.54 Å². The Morgan fingerprint density at radius 3 is 2.61 bits per heavy atom. The van der Waals surface area contributed by atoms with Crippen LogP contribution >= 0.6 is 11.3 Å². The van der Waals surface area contributed by atoms with Crippen LogP contribution in [-0.4, -0.2) is 66.1 Å². The van der Waals surface area contributed by atoms with Crippen LogP contribution in [0.4, 0.5) is 0 Å². The van der Waals surface area contributed by atoms with E-state index in [4.69, 9.17) is 4.74 Å². The van der Waals surface area contributed by atoms with Gasteiger partial charge in [0.05, 0.1) is 23.7 Å². The number of aryl methyl sites for hydroxylation is 1. The number of amides is 1. The minimum Gasteiger partial charge on any atom is -0.496 e. The summed E-state index contributed by atoms with van der Waals surface area (Å²) >= 11 is 1.29. The number of likely N-dealkylation sites (tertiary alicyclic amines) is 1. The number of carbonyl (C=O) groups is 1. The largest absolute Gasteiger partial charge is 0.496 e. The van der Waals surface area contributed by atoms with Gasteiger partial charge in [-0.2, -0.15) is 0 Å². The molecule has 2 aromatic heterocycles. The highest BCUT2D eigenvalue weighted by atomic mass is 32.1. The number of fused-ring (bicyclic) bond motifs is 2. The molecule has 1 amide bonds. The second-order valence-corrected chi connectivity index (χ2v) is 10.7. The number of methoxy groups -OCH3 is 1. The number of thiophene rings is 1. The molecular weight excluding hydrogens is 472 g/mol. The quantitative estimate of drug-likeness (QED) is 0.387. The Hall–Kier alpha value is -3.23. The van der Waals surface area contributed by atoms with Gasteiger partial charge in [0.15, 0.2) is 0 Å². The van der Waals surface area contributed by atoms with Crippen molar-refractivity contribution in [2.45, 2.75) is 32.2 Å². The molecule has 1 aliphatic heterocycles. The third-order valence-electron chi connectivity index (χ3n) is 7.32. The molecule has 5 rings (SSSR count). The van der Waals surface area contributed by atoms with Gasteiger partial charge in [0.1, 0.15) is 10.6 Å². The van der Waals surface area contributed by atoms with Crippen molar-refractivity contribution in [3.8, 4) is 5.75 Å². The number of nitrogens with zero attached hydrogens (tertiary/aromatic N) is 4. The van der Waals surface area contributed by atoms with Crippen molar-refractivity contribution in [3.63, 3.8) is 0 Å². The summed E-state index contributed by atoms with van der Waals surface area (Å²) in [7, 11) is 5.19. The molecule has 188 valence electrons. The van der Waals surface area contributed by atoms with Crippen molar-refractivity contribution in [2.24, 2.45) is 0 Å². The summed E-state index contributed by atoms with van der Waals surface area (Å²) in [6.45, 7) is 5.16. The smallest absolute Gasteiger partial charge is 0.263 e. The van der Waals surface area contributed by atoms with Gasteiger partial charge in [0, 0.05) is 32.7 Å². The fraction of sp³-hybridized carbons (Fsp3) is 0.393. The second-order valence-electron chi connectivity index (χ2n) is 9.70. The topological polar surface area (TPSA) is 67.7 Å². The molecule has 36 heavy (non-hydrogen) atoms. The van der Waals surface area contributed by atoms with E-state index in [0.29, 0.717) is 27.6 Å². The van der Waals surface area contributed by atoms with Crippen molar-refractivity contribution in [3.05, 3.63) is 69.1 Å². The van der Waals surface area contributed by atoms with Gasteiger partial charge in [0.2, 0.25) is 0 Å². The lowest BCUT2D eigenvalue weighted by atomic mass is 9.85. The van der Waals surface area contributed by atoms with Gasteiger partial charge in [-0.3, -0.25) is 14.2 Å². The van der Waals surface area contributed by atoms with Crippen molar-refractivity contribution in [2.75, 3.05) is 40.8 Å². The van der Waals surface area contributed by atoms with E-state index in [-0.39, 0.29) is 11.5 Å². The van der Waals surface area contributed by atoms with Crippen LogP contribution < -0.4 is 10.3 Å². The van der Waals surface area contributed by atoms with Gasteiger partial charge >= 0.3 is 0 Å². The molecule has 0 radical (unpaired) electrons. The summed E-state index contributed by atoms with van der Waals surface area (Å²) in [4.78, 5) is 35.4. The Labute approximate surface area is 214 Å². The van der Waals surface area contributed by atoms with Crippen molar-refractivity contribution in [1.82, 2.24) is 19.4 Å². The summed E-state index contributed by atoms with van der Waals surface area (Å²) in [5.41, 5.74) is 1.98. The van der Waals surface area contributed by atoms with Crippen molar-refractivity contribution >= 4 is 38.2 Å². The molecule has 0 saturated carbocycles. The predicted octanol–water partition coefficient (Wildman–Crippen LogP) is 4.51. The third kappa shape index (κ3) is 4.40. The van der Waals surface area contributed by atoms with Gasteiger partial charge < -0.3 is 14.5 Å². The molecule has 0 spiro atoms. The molecule has 8 heteroatoms. The summed E-state index contributed by atoms with van der Waals surface area (Å²) in [5.74, 6) is 1.33. The number of hydrogen-bond acceptors (Lipinski definition) is 6. The summed E-state index contributed by atoms with van der Waals surface area (Å²) in [5, 5.41) is 3.09. The van der Waals surface area contributed by atoms with Gasteiger partial charge in [0.25, 0.3) is 11.5 Å². The molecule has 0 unspecified atom stereocenters. The Balaban J connectivity index is 1.29. The lowest BCUT2D eigenvalue weighted by Gasteiger charge is -2.33. The fourth-order valence-electron chi connectivity index (χ4n) is 5.29. The first-order valence-corrected chi connectivity index (χ1v) is 13.2. The van der Waals surface area contributed by atoms with E-state index in [1.807, 2.05) is 6.92 Å². The van der Waals surface area contributed by atoms with Crippen LogP contribution in [0.2, 0.25) is 0 Å². The molecule has 2 aromatic carbocycles. The van der Waals surface area contributed by atoms with Gasteiger partial charge in [-0.25, -0.2) is 4.98 Å². The third-order valence-corrected chi connectivity index (χ3v) is 8.51. The zero-order valence-corrected chi connectivity index (χ0v) is 22.1. The number of aromatic nitrogens is 2. The zero-order valence-electron chi connectivity index (χ0n) is 21.3. The number of carbonyl (C=O) groups excluding carboxylic acids is 1. The van der Waals surface area contributed by atoms with Crippen molar-refractivity contribution in [1.29, 1.82) is 0 Å². The lowest BCUT2D eigenvalue weighted by molar-refractivity contribution is 0.0831. The molecule has 1 fully saturated rings. The van der Waals surface area contributed by atoms with Crippen LogP contribution in [0.1, 0.15) is 39.6 Å². The molecule has 4 aromatic rings. The van der Waals surface area contributed by atoms with E-state index >= 15 is 0 Å². The lowest BCUT2D eigenvalue weighted by Crippen LogP contribution is -2.37. The fourth-order valence-corrected chi connectivity index (χ4v) is 6.46. The molecule has 1 saturated heterocycles. The molecule has 0 atom stereocenters. The van der Waals surface area contributed by atoms with Gasteiger partial charge in [-0.05, 0) is 61.2 Å². The van der Waals surface area contributed by atoms with E-state index in [1.165, 1.54) is 32.6 Å². The first-order valence-electron chi connectivity index (χ1n) is 12.4. The van der Waals surface area contributed by atoms with E-state index in [2.05, 4.69) is 46.3 Å². The SMILES string of the molecule is COc1ccc2ccccc2c1C1CCN(CCn2cnc3sc(C(=O)N(C)C)c(C)c3c2=O)CC1. The maximum atomic E-state index is 13.2. The highest BCUT2D eigenvalue weighted by Gasteiger charge is 2.25. The molecule has 3 heterocycles. The summed E-state index contributed by atoms with van der Waals surface area (Å²) in [6, 6.07) is 12.7. The van der Waals surface area contributed by atoms with Gasteiger partial charge in [-0.1, -0.05) is 30.3 Å². The summed E-state index contributed by atoms with van der Waals surface area (Å²) in [6.07, 6.45) is 3.73. The molecular formula is C28H32N4O3S. The number of piperidine rings is 1. The average Bonchev–Trinajstić information content (AvgIpc) is 3.24. The van der Waals surface area contributed by atoms with E-state index < -0.39 is 0 Å². The highest BCUT2D eigenvalue weighted by molar-refractivity contribution is 7.20. The number of hydrogen-bond donors (Lipinski definition) is 0. The average molecular weight is 505 g/mol. The molecule has 1 aliphatic rings. The normalized spacial score (nSPS) is 15.0. The molecule has 0 N–H and O–H groups in total. The van der Waals surface area contributed by atoms with Crippen LogP contribution in [0.25, 0.3) is 21.0 Å². The first kappa shape index (κ1) is 24.5. The van der Waals surface area contributed by atoms with E-state index in [1.54, 1.807) is 32.1 Å². The zero-order chi connectivity index (χ0) is 25.4. The monoisotopic (exact) mass is 504 g/mol. The maximum Gasteiger partial charge on any atom is 0.263 e. The number of ether oxygens (including phenoxy) is 1. The van der Waals surface area contributed by atoms with Gasteiger partial charge in [-0.15, -0.1) is 11.3 Å². The Morgan fingerprint density at radius 2 is 1.89 bits per heavy atom. The maximum absolute atomic E-state index is 13.2. The summed E-state index contributed by atoms with van der Waals surface area (Å²) < 4.78 is 7.43. The molecule has 0 aliphatic carbocycles. The number of benzene rings is 2. The first-order chi connectivity index (χ1) is 17.4. The Morgan fingerprint density at radius 1 is 1.14 bits per heavy atom. The Kier molecular flexibility index (Phi) is 6.81. The minimum absolute atomic E-state index is 0.0677. The van der Waals surface area contributed by atoms with Crippen LogP contribution in [0.15, 0.2) is 47.5 Å². The Bertz CT molecular complexity index is 1480. The van der Waals surface area contributed by atoms with E-state index in [9.17, 15) is 9.59 Å². The molecule has 7 nitrogen and oxygen atoms in total. The van der Waals surface area contributed by atoms with E-state index in [0.717, 1.165) is 43.8 Å². The standard InChI is InChI=1S/C28H32N4O3S/c1-18-23-26(36-25(18)28(34)30(2)3)29-17-32(27(23)33)16-15-31-13-11-20(12-14-31)24-21-8-6-5-7-19(21)9-10-22(24)35-4/h5-10,17,20H,11-16H2,1-4H3. The van der Waals surface area contributed by atoms with Crippen LogP contribution in [0.3, 0.4) is 0 Å². The number of rotatable bonds is 6. The second kappa shape index (κ2) is 10.0.